The molecule has 0 aromatic carbocycles. The molecule has 2 aliphatic heterocycles. The number of piperidine rings is 2. The van der Waals surface area contributed by atoms with Crippen LogP contribution in [0.5, 0.6) is 0 Å². The Morgan fingerprint density at radius 3 is 2.46 bits per heavy atom. The van der Waals surface area contributed by atoms with Crippen molar-refractivity contribution in [1.29, 1.82) is 0 Å². The number of carbonyl (C=O) groups is 2. The molecule has 1 aromatic rings. The Balaban J connectivity index is 1.44. The summed E-state index contributed by atoms with van der Waals surface area (Å²) in [5.41, 5.74) is 0.574. The number of likely N-dealkylation sites (tertiary alicyclic amines) is 2. The van der Waals surface area contributed by atoms with Gasteiger partial charge in [0.05, 0.1) is 11.8 Å². The number of amides is 2. The number of nitrogens with zero attached hydrogens (tertiary/aromatic N) is 2. The summed E-state index contributed by atoms with van der Waals surface area (Å²) in [6.45, 7) is 8.60. The van der Waals surface area contributed by atoms with Crippen molar-refractivity contribution >= 4 is 11.8 Å². The van der Waals surface area contributed by atoms with Gasteiger partial charge in [0, 0.05) is 31.1 Å². The predicted molar refractivity (Wildman–Crippen MR) is 99.8 cm³/mol. The zero-order chi connectivity index (χ0) is 18.6. The van der Waals surface area contributed by atoms with E-state index in [2.05, 4.69) is 24.1 Å². The SMILES string of the molecule is CC(C)(CNC(=O)C1CCN(C(=O)c2ccoc2)CC1)N1CCCCC1. The van der Waals surface area contributed by atoms with E-state index < -0.39 is 0 Å². The zero-order valence-corrected chi connectivity index (χ0v) is 16.0. The molecule has 0 spiro atoms. The molecule has 3 heterocycles. The number of nitrogens with one attached hydrogen (secondary N) is 1. The minimum Gasteiger partial charge on any atom is -0.472 e. The van der Waals surface area contributed by atoms with Crippen LogP contribution < -0.4 is 5.32 Å². The van der Waals surface area contributed by atoms with Crippen LogP contribution in [-0.2, 0) is 4.79 Å². The molecule has 1 N–H and O–H groups in total. The van der Waals surface area contributed by atoms with Gasteiger partial charge in [0.25, 0.3) is 5.91 Å². The molecule has 3 rings (SSSR count). The summed E-state index contributed by atoms with van der Waals surface area (Å²) >= 11 is 0. The fourth-order valence-electron chi connectivity index (χ4n) is 3.97. The largest absolute Gasteiger partial charge is 0.472 e. The van der Waals surface area contributed by atoms with Gasteiger partial charge in [-0.1, -0.05) is 6.42 Å². The van der Waals surface area contributed by atoms with Gasteiger partial charge < -0.3 is 14.6 Å². The molecule has 0 atom stereocenters. The van der Waals surface area contributed by atoms with Crippen molar-refractivity contribution in [3.63, 3.8) is 0 Å². The van der Waals surface area contributed by atoms with Crippen LogP contribution in [0.25, 0.3) is 0 Å². The van der Waals surface area contributed by atoms with Crippen molar-refractivity contribution in [2.45, 2.75) is 51.5 Å². The summed E-state index contributed by atoms with van der Waals surface area (Å²) in [4.78, 5) is 29.2. The van der Waals surface area contributed by atoms with Crippen LogP contribution in [0.15, 0.2) is 23.0 Å². The van der Waals surface area contributed by atoms with Crippen molar-refractivity contribution in [3.8, 4) is 0 Å². The topological polar surface area (TPSA) is 65.8 Å². The second-order valence-electron chi connectivity index (χ2n) is 8.16. The minimum absolute atomic E-state index is 0.000514. The smallest absolute Gasteiger partial charge is 0.257 e. The minimum atomic E-state index is -0.0103. The van der Waals surface area contributed by atoms with Crippen molar-refractivity contribution in [2.24, 2.45) is 5.92 Å². The monoisotopic (exact) mass is 361 g/mol. The molecular weight excluding hydrogens is 330 g/mol. The summed E-state index contributed by atoms with van der Waals surface area (Å²) in [5, 5.41) is 3.16. The van der Waals surface area contributed by atoms with Gasteiger partial charge in [0.2, 0.25) is 5.91 Å². The highest BCUT2D eigenvalue weighted by molar-refractivity contribution is 5.94. The van der Waals surface area contributed by atoms with E-state index in [1.54, 1.807) is 6.07 Å². The Morgan fingerprint density at radius 2 is 1.85 bits per heavy atom. The number of furan rings is 1. The maximum absolute atomic E-state index is 12.6. The zero-order valence-electron chi connectivity index (χ0n) is 16.0. The molecule has 1 aromatic heterocycles. The van der Waals surface area contributed by atoms with Crippen LogP contribution >= 0.6 is 0 Å². The van der Waals surface area contributed by atoms with Crippen LogP contribution in [0, 0.1) is 5.92 Å². The van der Waals surface area contributed by atoms with Crippen LogP contribution in [0.3, 0.4) is 0 Å². The van der Waals surface area contributed by atoms with Gasteiger partial charge in [0.1, 0.15) is 6.26 Å². The van der Waals surface area contributed by atoms with Crippen molar-refractivity contribution in [2.75, 3.05) is 32.7 Å². The Bertz CT molecular complexity index is 598. The highest BCUT2D eigenvalue weighted by Gasteiger charge is 2.31. The Labute approximate surface area is 155 Å². The van der Waals surface area contributed by atoms with Crippen molar-refractivity contribution in [1.82, 2.24) is 15.1 Å². The number of carbonyl (C=O) groups excluding carboxylic acids is 2. The Hall–Kier alpha value is -1.82. The van der Waals surface area contributed by atoms with E-state index in [0.29, 0.717) is 25.2 Å². The first-order valence-electron chi connectivity index (χ1n) is 9.81. The van der Waals surface area contributed by atoms with Gasteiger partial charge in [-0.2, -0.15) is 0 Å². The molecule has 2 fully saturated rings. The summed E-state index contributed by atoms with van der Waals surface area (Å²) in [7, 11) is 0. The second-order valence-corrected chi connectivity index (χ2v) is 8.16. The lowest BCUT2D eigenvalue weighted by molar-refractivity contribution is -0.126. The molecule has 6 heteroatoms. The highest BCUT2D eigenvalue weighted by atomic mass is 16.3. The summed E-state index contributed by atoms with van der Waals surface area (Å²) in [5.74, 6) is 0.120. The van der Waals surface area contributed by atoms with E-state index in [1.807, 2.05) is 4.90 Å². The van der Waals surface area contributed by atoms with E-state index in [4.69, 9.17) is 4.42 Å². The Morgan fingerprint density at radius 1 is 1.15 bits per heavy atom. The van der Waals surface area contributed by atoms with Crippen LogP contribution in [0.1, 0.15) is 56.3 Å². The maximum Gasteiger partial charge on any atom is 0.257 e. The molecule has 144 valence electrons. The third kappa shape index (κ3) is 4.47. The van der Waals surface area contributed by atoms with E-state index >= 15 is 0 Å². The fourth-order valence-corrected chi connectivity index (χ4v) is 3.97. The summed E-state index contributed by atoms with van der Waals surface area (Å²) in [6, 6.07) is 1.68. The van der Waals surface area contributed by atoms with Crippen LogP contribution in [0.4, 0.5) is 0 Å². The fraction of sp³-hybridized carbons (Fsp3) is 0.700. The number of rotatable bonds is 5. The van der Waals surface area contributed by atoms with Gasteiger partial charge in [-0.05, 0) is 58.7 Å². The first kappa shape index (κ1) is 19.0. The lowest BCUT2D eigenvalue weighted by atomic mass is 9.94. The number of hydrogen-bond acceptors (Lipinski definition) is 4. The maximum atomic E-state index is 12.6. The van der Waals surface area contributed by atoms with E-state index in [-0.39, 0.29) is 23.3 Å². The molecule has 0 bridgehead atoms. The average molecular weight is 361 g/mol. The molecule has 6 nitrogen and oxygen atoms in total. The molecule has 2 amide bonds. The van der Waals surface area contributed by atoms with Gasteiger partial charge in [-0.3, -0.25) is 14.5 Å². The molecule has 26 heavy (non-hydrogen) atoms. The van der Waals surface area contributed by atoms with E-state index in [1.165, 1.54) is 31.8 Å². The van der Waals surface area contributed by atoms with Crippen molar-refractivity contribution < 1.29 is 14.0 Å². The van der Waals surface area contributed by atoms with Crippen LogP contribution in [0.2, 0.25) is 0 Å². The molecule has 0 saturated carbocycles. The lowest BCUT2D eigenvalue weighted by Gasteiger charge is -2.41. The highest BCUT2D eigenvalue weighted by Crippen LogP contribution is 2.22. The van der Waals surface area contributed by atoms with E-state index in [9.17, 15) is 9.59 Å². The lowest BCUT2D eigenvalue weighted by Crippen LogP contribution is -2.54. The molecule has 2 aliphatic rings. The molecule has 0 unspecified atom stereocenters. The number of hydrogen-bond donors (Lipinski definition) is 1. The van der Waals surface area contributed by atoms with Crippen molar-refractivity contribution in [3.05, 3.63) is 24.2 Å². The summed E-state index contributed by atoms with van der Waals surface area (Å²) < 4.78 is 4.98. The normalized spacial score (nSPS) is 20.2. The first-order chi connectivity index (χ1) is 12.5. The third-order valence-electron chi connectivity index (χ3n) is 5.83. The quantitative estimate of drug-likeness (QED) is 0.875. The average Bonchev–Trinajstić information content (AvgIpc) is 3.21. The van der Waals surface area contributed by atoms with Gasteiger partial charge in [0.15, 0.2) is 0 Å². The predicted octanol–water partition coefficient (Wildman–Crippen LogP) is 2.51. The first-order valence-corrected chi connectivity index (χ1v) is 9.81. The van der Waals surface area contributed by atoms with Gasteiger partial charge in [-0.25, -0.2) is 0 Å². The van der Waals surface area contributed by atoms with E-state index in [0.717, 1.165) is 25.9 Å². The standard InChI is InChI=1S/C20H31N3O3/c1-20(2,23-9-4-3-5-10-23)15-21-18(24)16-6-11-22(12-7-16)19(25)17-8-13-26-14-17/h8,13-14,16H,3-7,9-12,15H2,1-2H3,(H,21,24). The second kappa shape index (κ2) is 8.25. The third-order valence-corrected chi connectivity index (χ3v) is 5.83. The molecule has 2 saturated heterocycles. The van der Waals surface area contributed by atoms with Gasteiger partial charge in [-0.15, -0.1) is 0 Å². The molecule has 0 radical (unpaired) electrons. The summed E-state index contributed by atoms with van der Waals surface area (Å²) in [6.07, 6.45) is 8.25. The molecule has 0 aliphatic carbocycles. The van der Waals surface area contributed by atoms with Gasteiger partial charge >= 0.3 is 0 Å². The molecular formula is C20H31N3O3. The Kier molecular flexibility index (Phi) is 6.01. The van der Waals surface area contributed by atoms with Crippen LogP contribution in [-0.4, -0.2) is 59.9 Å².